The Labute approximate surface area is 222 Å². The highest BCUT2D eigenvalue weighted by Gasteiger charge is 2.32. The molecule has 1 aromatic heterocycles. The molecule has 2 aliphatic rings. The third-order valence-corrected chi connectivity index (χ3v) is 8.28. The van der Waals surface area contributed by atoms with Crippen molar-refractivity contribution >= 4 is 11.8 Å². The van der Waals surface area contributed by atoms with E-state index in [2.05, 4.69) is 65.2 Å². The molecule has 37 heavy (non-hydrogen) atoms. The maximum atomic E-state index is 13.4. The molecule has 3 heterocycles. The Morgan fingerprint density at radius 3 is 2.19 bits per heavy atom. The number of benzene rings is 1. The van der Waals surface area contributed by atoms with Crippen LogP contribution in [0.15, 0.2) is 30.6 Å². The maximum absolute atomic E-state index is 13.4. The van der Waals surface area contributed by atoms with Gasteiger partial charge in [-0.3, -0.25) is 9.59 Å². The molecule has 0 saturated carbocycles. The van der Waals surface area contributed by atoms with Crippen molar-refractivity contribution in [3.63, 3.8) is 0 Å². The summed E-state index contributed by atoms with van der Waals surface area (Å²) in [6.07, 6.45) is 7.00. The van der Waals surface area contributed by atoms with E-state index in [-0.39, 0.29) is 23.1 Å². The minimum atomic E-state index is 0.0208. The van der Waals surface area contributed by atoms with Gasteiger partial charge >= 0.3 is 0 Å². The number of hydrogen-bond donors (Lipinski definition) is 1. The van der Waals surface area contributed by atoms with Crippen LogP contribution in [0.3, 0.4) is 0 Å². The number of rotatable bonds is 6. The van der Waals surface area contributed by atoms with Gasteiger partial charge in [0.25, 0.3) is 5.91 Å². The van der Waals surface area contributed by atoms with Crippen LogP contribution < -0.4 is 5.32 Å². The van der Waals surface area contributed by atoms with Crippen LogP contribution in [0.4, 0.5) is 0 Å². The molecule has 2 saturated heterocycles. The van der Waals surface area contributed by atoms with Crippen LogP contribution in [0, 0.1) is 12.8 Å². The van der Waals surface area contributed by atoms with Crippen molar-refractivity contribution in [3.05, 3.63) is 58.7 Å². The zero-order valence-corrected chi connectivity index (χ0v) is 23.2. The Morgan fingerprint density at radius 2 is 1.59 bits per heavy atom. The Balaban J connectivity index is 1.31. The molecule has 2 aromatic rings. The molecular formula is C30H43N5O2. The Bertz CT molecular complexity index is 1080. The molecule has 0 atom stereocenters. The highest BCUT2D eigenvalue weighted by Crippen LogP contribution is 2.26. The lowest BCUT2D eigenvalue weighted by Crippen LogP contribution is -2.50. The highest BCUT2D eigenvalue weighted by atomic mass is 16.2. The fraction of sp³-hybridized carbons (Fsp3) is 0.600. The van der Waals surface area contributed by atoms with Gasteiger partial charge in [0.1, 0.15) is 12.0 Å². The maximum Gasteiger partial charge on any atom is 0.272 e. The van der Waals surface area contributed by atoms with Gasteiger partial charge in [-0.05, 0) is 75.1 Å². The molecule has 1 N–H and O–H groups in total. The second-order valence-electron chi connectivity index (χ2n) is 11.7. The number of hydrogen-bond acceptors (Lipinski definition) is 5. The summed E-state index contributed by atoms with van der Waals surface area (Å²) in [4.78, 5) is 38.7. The summed E-state index contributed by atoms with van der Waals surface area (Å²) in [5.41, 5.74) is 5.15. The van der Waals surface area contributed by atoms with Gasteiger partial charge in [0.05, 0.1) is 0 Å². The largest absolute Gasteiger partial charge is 0.359 e. The molecule has 0 spiro atoms. The van der Waals surface area contributed by atoms with Crippen LogP contribution >= 0.6 is 0 Å². The smallest absolute Gasteiger partial charge is 0.272 e. The van der Waals surface area contributed by atoms with Gasteiger partial charge in [-0.1, -0.05) is 45.0 Å². The summed E-state index contributed by atoms with van der Waals surface area (Å²) in [7, 11) is 1.72. The molecule has 7 nitrogen and oxygen atoms in total. The van der Waals surface area contributed by atoms with Gasteiger partial charge in [-0.2, -0.15) is 0 Å². The van der Waals surface area contributed by atoms with E-state index in [1.54, 1.807) is 13.4 Å². The number of carbonyl (C=O) groups excluding carboxylic acids is 2. The van der Waals surface area contributed by atoms with Crippen LogP contribution in [-0.4, -0.2) is 70.9 Å². The van der Waals surface area contributed by atoms with Crippen molar-refractivity contribution in [2.75, 3.05) is 33.2 Å². The Kier molecular flexibility index (Phi) is 8.63. The molecule has 0 bridgehead atoms. The van der Waals surface area contributed by atoms with Crippen LogP contribution in [0.1, 0.15) is 79.3 Å². The number of piperidine rings is 2. The summed E-state index contributed by atoms with van der Waals surface area (Å²) in [5, 5.41) is 2.78. The molecule has 4 rings (SSSR count). The number of aryl methyl sites for hydroxylation is 2. The minimum absolute atomic E-state index is 0.0208. The monoisotopic (exact) mass is 505 g/mol. The molecule has 0 unspecified atom stereocenters. The van der Waals surface area contributed by atoms with Crippen LogP contribution in [-0.2, 0) is 23.1 Å². The fourth-order valence-electron chi connectivity index (χ4n) is 5.70. The summed E-state index contributed by atoms with van der Waals surface area (Å²) in [6, 6.07) is 9.32. The predicted molar refractivity (Wildman–Crippen MR) is 147 cm³/mol. The summed E-state index contributed by atoms with van der Waals surface area (Å²) in [6.45, 7) is 12.1. The zero-order chi connectivity index (χ0) is 26.6. The van der Waals surface area contributed by atoms with E-state index in [0.29, 0.717) is 11.7 Å². The lowest BCUT2D eigenvalue weighted by Gasteiger charge is -2.41. The highest BCUT2D eigenvalue weighted by molar-refractivity contribution is 5.93. The molecule has 0 aliphatic carbocycles. The lowest BCUT2D eigenvalue weighted by molar-refractivity contribution is -0.126. The van der Waals surface area contributed by atoms with Gasteiger partial charge in [-0.15, -0.1) is 0 Å². The van der Waals surface area contributed by atoms with Crippen LogP contribution in [0.5, 0.6) is 0 Å². The molecule has 0 radical (unpaired) electrons. The van der Waals surface area contributed by atoms with Gasteiger partial charge in [-0.25, -0.2) is 9.97 Å². The van der Waals surface area contributed by atoms with Gasteiger partial charge in [0, 0.05) is 43.4 Å². The third-order valence-electron chi connectivity index (χ3n) is 8.28. The zero-order valence-electron chi connectivity index (χ0n) is 23.2. The Morgan fingerprint density at radius 1 is 0.946 bits per heavy atom. The molecule has 2 amide bonds. The van der Waals surface area contributed by atoms with E-state index in [4.69, 9.17) is 0 Å². The first-order valence-corrected chi connectivity index (χ1v) is 13.8. The summed E-state index contributed by atoms with van der Waals surface area (Å²) in [5.74, 6) is 0.325. The minimum Gasteiger partial charge on any atom is -0.359 e. The first kappa shape index (κ1) is 27.2. The van der Waals surface area contributed by atoms with Crippen molar-refractivity contribution in [2.45, 2.75) is 77.7 Å². The van der Waals surface area contributed by atoms with E-state index < -0.39 is 0 Å². The topological polar surface area (TPSA) is 78.4 Å². The lowest BCUT2D eigenvalue weighted by atomic mass is 9.86. The van der Waals surface area contributed by atoms with Crippen molar-refractivity contribution in [1.29, 1.82) is 0 Å². The second kappa shape index (κ2) is 11.7. The molecule has 2 fully saturated rings. The average Bonchev–Trinajstić information content (AvgIpc) is 2.91. The van der Waals surface area contributed by atoms with Crippen molar-refractivity contribution in [3.8, 4) is 0 Å². The molecular weight excluding hydrogens is 462 g/mol. The first-order valence-electron chi connectivity index (χ1n) is 13.8. The molecule has 1 aromatic carbocycles. The number of amides is 2. The van der Waals surface area contributed by atoms with E-state index >= 15 is 0 Å². The van der Waals surface area contributed by atoms with Crippen LogP contribution in [0.25, 0.3) is 0 Å². The molecule has 2 aliphatic heterocycles. The standard InChI is InChI=1S/C30H43N5O2/c1-21-26(11-8-22-6-9-24(10-7-22)30(2,3)4)32-20-33-27(21)29(37)35-18-14-25(15-19-35)34-16-12-23(13-17-34)28(36)31-5/h6-7,9-10,20,23,25H,8,11-19H2,1-5H3,(H,31,36). The quantitative estimate of drug-likeness (QED) is 0.644. The van der Waals surface area contributed by atoms with Crippen molar-refractivity contribution in [1.82, 2.24) is 25.1 Å². The van der Waals surface area contributed by atoms with E-state index in [0.717, 1.165) is 76.0 Å². The number of nitrogens with zero attached hydrogens (tertiary/aromatic N) is 4. The van der Waals surface area contributed by atoms with Gasteiger partial charge < -0.3 is 15.1 Å². The van der Waals surface area contributed by atoms with Crippen molar-refractivity contribution in [2.24, 2.45) is 5.92 Å². The Hall–Kier alpha value is -2.80. The summed E-state index contributed by atoms with van der Waals surface area (Å²) < 4.78 is 0. The second-order valence-corrected chi connectivity index (χ2v) is 11.7. The van der Waals surface area contributed by atoms with Gasteiger partial charge in [0.15, 0.2) is 0 Å². The molecule has 200 valence electrons. The van der Waals surface area contributed by atoms with E-state index in [1.807, 2.05) is 11.8 Å². The fourth-order valence-corrected chi connectivity index (χ4v) is 5.70. The third kappa shape index (κ3) is 6.56. The van der Waals surface area contributed by atoms with Gasteiger partial charge in [0.2, 0.25) is 5.91 Å². The average molecular weight is 506 g/mol. The number of nitrogens with one attached hydrogen (secondary N) is 1. The number of carbonyl (C=O) groups is 2. The normalized spacial score (nSPS) is 18.1. The number of likely N-dealkylation sites (tertiary alicyclic amines) is 2. The first-order chi connectivity index (χ1) is 17.7. The predicted octanol–water partition coefficient (Wildman–Crippen LogP) is 3.93. The summed E-state index contributed by atoms with van der Waals surface area (Å²) >= 11 is 0. The van der Waals surface area contributed by atoms with E-state index in [1.165, 1.54) is 11.1 Å². The SMILES string of the molecule is CNC(=O)C1CCN(C2CCN(C(=O)c3ncnc(CCc4ccc(C(C)(C)C)cc4)c3C)CC2)CC1. The van der Waals surface area contributed by atoms with Crippen molar-refractivity contribution < 1.29 is 9.59 Å². The van der Waals surface area contributed by atoms with Crippen LogP contribution in [0.2, 0.25) is 0 Å². The van der Waals surface area contributed by atoms with E-state index in [9.17, 15) is 9.59 Å². The molecule has 7 heteroatoms. The number of aromatic nitrogens is 2.